The number of rotatable bonds is 3. The van der Waals surface area contributed by atoms with E-state index in [0.717, 1.165) is 37.7 Å². The van der Waals surface area contributed by atoms with Gasteiger partial charge in [0.2, 0.25) is 6.79 Å². The van der Waals surface area contributed by atoms with E-state index in [0.29, 0.717) is 6.79 Å². The largest absolute Gasteiger partial charge is 0.454 e. The molecule has 1 saturated heterocycles. The zero-order chi connectivity index (χ0) is 12.6. The van der Waals surface area contributed by atoms with E-state index in [-0.39, 0.29) is 5.41 Å². The zero-order valence-electron chi connectivity index (χ0n) is 10.8. The summed E-state index contributed by atoms with van der Waals surface area (Å²) >= 11 is 0. The highest BCUT2D eigenvalue weighted by Crippen LogP contribution is 2.37. The first-order valence-electron chi connectivity index (χ1n) is 6.50. The van der Waals surface area contributed by atoms with Gasteiger partial charge in [0.1, 0.15) is 0 Å². The summed E-state index contributed by atoms with van der Waals surface area (Å²) in [6, 6.07) is 6.10. The van der Waals surface area contributed by atoms with E-state index >= 15 is 0 Å². The highest BCUT2D eigenvalue weighted by atomic mass is 16.7. The Kier molecular flexibility index (Phi) is 2.92. The topological polar surface area (TPSA) is 47.7 Å². The second kappa shape index (κ2) is 4.44. The minimum Gasteiger partial charge on any atom is -0.454 e. The number of hydrogen-bond acceptors (Lipinski definition) is 4. The van der Waals surface area contributed by atoms with Crippen molar-refractivity contribution < 1.29 is 9.47 Å². The van der Waals surface area contributed by atoms with Crippen molar-refractivity contribution in [3.63, 3.8) is 0 Å². The molecule has 2 N–H and O–H groups in total. The molecule has 0 spiro atoms. The summed E-state index contributed by atoms with van der Waals surface area (Å²) in [5.41, 5.74) is 7.33. The Morgan fingerprint density at radius 2 is 2.28 bits per heavy atom. The third kappa shape index (κ3) is 2.06. The van der Waals surface area contributed by atoms with Gasteiger partial charge < -0.3 is 15.2 Å². The molecule has 0 bridgehead atoms. The number of nitrogens with two attached hydrogens (primary N) is 1. The van der Waals surface area contributed by atoms with Gasteiger partial charge in [-0.05, 0) is 31.0 Å². The van der Waals surface area contributed by atoms with Crippen molar-refractivity contribution >= 4 is 0 Å². The summed E-state index contributed by atoms with van der Waals surface area (Å²) < 4.78 is 10.9. The number of likely N-dealkylation sites (tertiary alicyclic amines) is 1. The fourth-order valence-corrected chi connectivity index (χ4v) is 2.78. The average molecular weight is 248 g/mol. The molecular weight excluding hydrogens is 228 g/mol. The van der Waals surface area contributed by atoms with Crippen molar-refractivity contribution in [3.8, 4) is 11.5 Å². The number of para-hydroxylation sites is 1. The molecule has 0 amide bonds. The highest BCUT2D eigenvalue weighted by molar-refractivity contribution is 5.48. The zero-order valence-corrected chi connectivity index (χ0v) is 10.8. The van der Waals surface area contributed by atoms with E-state index in [1.54, 1.807) is 0 Å². The maximum absolute atomic E-state index is 5.84. The van der Waals surface area contributed by atoms with Crippen molar-refractivity contribution in [1.29, 1.82) is 0 Å². The van der Waals surface area contributed by atoms with Gasteiger partial charge in [-0.15, -0.1) is 0 Å². The van der Waals surface area contributed by atoms with Crippen LogP contribution in [0.15, 0.2) is 18.2 Å². The molecule has 3 rings (SSSR count). The lowest BCUT2D eigenvalue weighted by Crippen LogP contribution is -2.31. The number of benzene rings is 1. The average Bonchev–Trinajstić information content (AvgIpc) is 2.98. The Morgan fingerprint density at radius 1 is 1.39 bits per heavy atom. The van der Waals surface area contributed by atoms with Gasteiger partial charge >= 0.3 is 0 Å². The molecular formula is C14H20N2O2. The molecule has 1 atom stereocenters. The van der Waals surface area contributed by atoms with Crippen LogP contribution in [0.25, 0.3) is 0 Å². The lowest BCUT2D eigenvalue weighted by Gasteiger charge is -2.22. The molecule has 1 aromatic rings. The van der Waals surface area contributed by atoms with Crippen LogP contribution in [0.1, 0.15) is 18.9 Å². The molecule has 1 aromatic carbocycles. The van der Waals surface area contributed by atoms with Crippen LogP contribution in [-0.2, 0) is 6.54 Å². The van der Waals surface area contributed by atoms with Crippen molar-refractivity contribution in [3.05, 3.63) is 23.8 Å². The van der Waals surface area contributed by atoms with Crippen LogP contribution in [-0.4, -0.2) is 31.3 Å². The van der Waals surface area contributed by atoms with E-state index < -0.39 is 0 Å². The van der Waals surface area contributed by atoms with Crippen molar-refractivity contribution in [2.24, 2.45) is 11.1 Å². The highest BCUT2D eigenvalue weighted by Gasteiger charge is 2.33. The standard InChI is InChI=1S/C14H20N2O2/c1-14(8-15)5-6-16(9-14)7-11-3-2-4-12-13(11)18-10-17-12/h2-4H,5-10,15H2,1H3. The van der Waals surface area contributed by atoms with Crippen LogP contribution in [0.5, 0.6) is 11.5 Å². The third-order valence-electron chi connectivity index (χ3n) is 4.00. The number of ether oxygens (including phenoxy) is 2. The lowest BCUT2D eigenvalue weighted by molar-refractivity contribution is 0.172. The van der Waals surface area contributed by atoms with E-state index in [1.165, 1.54) is 12.0 Å². The van der Waals surface area contributed by atoms with E-state index in [4.69, 9.17) is 15.2 Å². The van der Waals surface area contributed by atoms with Crippen LogP contribution >= 0.6 is 0 Å². The predicted octanol–water partition coefficient (Wildman–Crippen LogP) is 1.59. The summed E-state index contributed by atoms with van der Waals surface area (Å²) in [5.74, 6) is 1.78. The molecule has 4 heteroatoms. The maximum Gasteiger partial charge on any atom is 0.231 e. The SMILES string of the molecule is CC1(CN)CCN(Cc2cccc3c2OCO3)C1. The summed E-state index contributed by atoms with van der Waals surface area (Å²) in [6.45, 7) is 6.46. The summed E-state index contributed by atoms with van der Waals surface area (Å²) in [5, 5.41) is 0. The van der Waals surface area contributed by atoms with Crippen molar-refractivity contribution in [2.75, 3.05) is 26.4 Å². The lowest BCUT2D eigenvalue weighted by atomic mass is 9.90. The Labute approximate surface area is 108 Å². The smallest absolute Gasteiger partial charge is 0.231 e. The van der Waals surface area contributed by atoms with Gasteiger partial charge in [0.05, 0.1) is 0 Å². The molecule has 2 heterocycles. The minimum absolute atomic E-state index is 0.273. The molecule has 1 fully saturated rings. The van der Waals surface area contributed by atoms with Gasteiger partial charge in [-0.2, -0.15) is 0 Å². The molecule has 0 aromatic heterocycles. The second-order valence-electron chi connectivity index (χ2n) is 5.63. The minimum atomic E-state index is 0.273. The number of fused-ring (bicyclic) bond motifs is 1. The van der Waals surface area contributed by atoms with E-state index in [9.17, 15) is 0 Å². The first-order chi connectivity index (χ1) is 8.70. The fraction of sp³-hybridized carbons (Fsp3) is 0.571. The van der Waals surface area contributed by atoms with Crippen LogP contribution < -0.4 is 15.2 Å². The van der Waals surface area contributed by atoms with Gasteiger partial charge in [-0.1, -0.05) is 19.1 Å². The number of hydrogen-bond donors (Lipinski definition) is 1. The van der Waals surface area contributed by atoms with Gasteiger partial charge in [-0.3, -0.25) is 4.90 Å². The summed E-state index contributed by atoms with van der Waals surface area (Å²) in [7, 11) is 0. The Bertz CT molecular complexity index is 449. The van der Waals surface area contributed by atoms with Crippen LogP contribution in [0.3, 0.4) is 0 Å². The quantitative estimate of drug-likeness (QED) is 0.882. The van der Waals surface area contributed by atoms with Crippen molar-refractivity contribution in [1.82, 2.24) is 4.90 Å². The first-order valence-corrected chi connectivity index (χ1v) is 6.50. The Hall–Kier alpha value is -1.26. The summed E-state index contributed by atoms with van der Waals surface area (Å²) in [4.78, 5) is 2.45. The monoisotopic (exact) mass is 248 g/mol. The van der Waals surface area contributed by atoms with E-state index in [1.807, 2.05) is 12.1 Å². The summed E-state index contributed by atoms with van der Waals surface area (Å²) in [6.07, 6.45) is 1.18. The molecule has 0 saturated carbocycles. The van der Waals surface area contributed by atoms with Crippen LogP contribution in [0, 0.1) is 5.41 Å². The fourth-order valence-electron chi connectivity index (χ4n) is 2.78. The van der Waals surface area contributed by atoms with Crippen LogP contribution in [0.4, 0.5) is 0 Å². The normalized spacial score (nSPS) is 26.8. The van der Waals surface area contributed by atoms with Gasteiger partial charge in [-0.25, -0.2) is 0 Å². The Morgan fingerprint density at radius 3 is 3.06 bits per heavy atom. The second-order valence-corrected chi connectivity index (χ2v) is 5.63. The van der Waals surface area contributed by atoms with Gasteiger partial charge in [0.25, 0.3) is 0 Å². The predicted molar refractivity (Wildman–Crippen MR) is 69.6 cm³/mol. The number of nitrogens with zero attached hydrogens (tertiary/aromatic N) is 1. The Balaban J connectivity index is 1.73. The molecule has 98 valence electrons. The molecule has 1 unspecified atom stereocenters. The van der Waals surface area contributed by atoms with Crippen LogP contribution in [0.2, 0.25) is 0 Å². The van der Waals surface area contributed by atoms with Gasteiger partial charge in [0, 0.05) is 18.7 Å². The molecule has 2 aliphatic rings. The molecule has 0 aliphatic carbocycles. The maximum atomic E-state index is 5.84. The van der Waals surface area contributed by atoms with Crippen molar-refractivity contribution in [2.45, 2.75) is 19.9 Å². The molecule has 2 aliphatic heterocycles. The van der Waals surface area contributed by atoms with Gasteiger partial charge in [0.15, 0.2) is 11.5 Å². The van der Waals surface area contributed by atoms with E-state index in [2.05, 4.69) is 17.9 Å². The first kappa shape index (κ1) is 11.8. The molecule has 4 nitrogen and oxygen atoms in total. The molecule has 0 radical (unpaired) electrons. The third-order valence-corrected chi connectivity index (χ3v) is 4.00. The molecule has 18 heavy (non-hydrogen) atoms.